The maximum Gasteiger partial charge on any atom is 0.415 e. The summed E-state index contributed by atoms with van der Waals surface area (Å²) in [4.78, 5) is 16.6. The number of ether oxygens (including phenoxy) is 2. The molecule has 35 heavy (non-hydrogen) atoms. The number of halogens is 2. The molecule has 2 heterocycles. The smallest absolute Gasteiger partial charge is 0.415 e. The average Bonchev–Trinajstić information content (AvgIpc) is 3.19. The fourth-order valence-corrected chi connectivity index (χ4v) is 4.95. The number of likely N-dealkylation sites (tertiary alicyclic amines) is 1. The first-order valence-electron chi connectivity index (χ1n) is 12.0. The van der Waals surface area contributed by atoms with Crippen molar-refractivity contribution in [2.45, 2.75) is 31.9 Å². The fourth-order valence-electron chi connectivity index (χ4n) is 4.95. The Labute approximate surface area is 203 Å². The molecule has 2 aliphatic rings. The van der Waals surface area contributed by atoms with E-state index >= 15 is 0 Å². The second kappa shape index (κ2) is 9.66. The van der Waals surface area contributed by atoms with Crippen molar-refractivity contribution in [2.75, 3.05) is 31.1 Å². The van der Waals surface area contributed by atoms with E-state index in [1.807, 2.05) is 55.5 Å². The van der Waals surface area contributed by atoms with Gasteiger partial charge in [-0.3, -0.25) is 9.80 Å². The second-order valence-corrected chi connectivity index (χ2v) is 9.13. The molecule has 1 spiro atoms. The molecule has 1 amide bonds. The molecule has 5 rings (SSSR count). The van der Waals surface area contributed by atoms with Crippen LogP contribution in [0.15, 0.2) is 66.7 Å². The summed E-state index contributed by atoms with van der Waals surface area (Å²) in [5, 5.41) is 0. The minimum Gasteiger partial charge on any atom is -0.494 e. The van der Waals surface area contributed by atoms with Gasteiger partial charge in [-0.05, 0) is 60.0 Å². The van der Waals surface area contributed by atoms with Gasteiger partial charge in [0.1, 0.15) is 11.4 Å². The van der Waals surface area contributed by atoms with Crippen LogP contribution in [0.1, 0.15) is 25.3 Å². The predicted molar refractivity (Wildman–Crippen MR) is 130 cm³/mol. The Morgan fingerprint density at radius 1 is 0.971 bits per heavy atom. The van der Waals surface area contributed by atoms with Crippen molar-refractivity contribution < 1.29 is 23.0 Å². The van der Waals surface area contributed by atoms with Crippen LogP contribution in [0.2, 0.25) is 0 Å². The van der Waals surface area contributed by atoms with E-state index in [9.17, 15) is 13.6 Å². The maximum absolute atomic E-state index is 14.0. The van der Waals surface area contributed by atoms with Crippen LogP contribution >= 0.6 is 0 Å². The van der Waals surface area contributed by atoms with Crippen LogP contribution in [0.5, 0.6) is 5.75 Å². The highest BCUT2D eigenvalue weighted by Gasteiger charge is 2.47. The Hall–Kier alpha value is -3.45. The van der Waals surface area contributed by atoms with E-state index in [1.54, 1.807) is 11.0 Å². The molecule has 0 bridgehead atoms. The molecule has 3 aromatic carbocycles. The molecular formula is C28H28F2N2O3. The number of carbonyl (C=O) groups is 1. The van der Waals surface area contributed by atoms with E-state index in [0.717, 1.165) is 54.6 Å². The van der Waals surface area contributed by atoms with Gasteiger partial charge in [0.25, 0.3) is 0 Å². The third kappa shape index (κ3) is 4.86. The van der Waals surface area contributed by atoms with E-state index in [0.29, 0.717) is 25.3 Å². The number of anilines is 1. The van der Waals surface area contributed by atoms with Gasteiger partial charge in [0, 0.05) is 38.2 Å². The van der Waals surface area contributed by atoms with Crippen LogP contribution in [0.3, 0.4) is 0 Å². The highest BCUT2D eigenvalue weighted by molar-refractivity contribution is 5.90. The first kappa shape index (κ1) is 23.3. The van der Waals surface area contributed by atoms with Crippen molar-refractivity contribution in [3.05, 3.63) is 83.9 Å². The predicted octanol–water partition coefficient (Wildman–Crippen LogP) is 6.02. The normalized spacial score (nSPS) is 17.6. The summed E-state index contributed by atoms with van der Waals surface area (Å²) in [7, 11) is 0. The molecule has 7 heteroatoms. The standard InChI is InChI=1S/C28H28F2N2O3/c1-2-34-23-9-10-24(20-8-11-25(29)26(30)17-20)21(16-23)18-31-14-12-28(13-15-31)19-32(27(33)35-28)22-6-4-3-5-7-22/h3-11,16-17H,2,12-15,18-19H2,1H3. The van der Waals surface area contributed by atoms with Crippen molar-refractivity contribution >= 4 is 11.8 Å². The Morgan fingerprint density at radius 2 is 1.74 bits per heavy atom. The SMILES string of the molecule is CCOc1ccc(-c2ccc(F)c(F)c2)c(CN2CCC3(CC2)CN(c2ccccc2)C(=O)O3)c1. The molecule has 5 nitrogen and oxygen atoms in total. The highest BCUT2D eigenvalue weighted by atomic mass is 19.2. The van der Waals surface area contributed by atoms with Crippen molar-refractivity contribution in [1.29, 1.82) is 0 Å². The van der Waals surface area contributed by atoms with Gasteiger partial charge in [-0.15, -0.1) is 0 Å². The molecule has 0 atom stereocenters. The van der Waals surface area contributed by atoms with Crippen molar-refractivity contribution in [2.24, 2.45) is 0 Å². The molecule has 182 valence electrons. The average molecular weight is 479 g/mol. The van der Waals surface area contributed by atoms with Gasteiger partial charge in [-0.2, -0.15) is 0 Å². The van der Waals surface area contributed by atoms with Crippen LogP contribution in [0, 0.1) is 11.6 Å². The van der Waals surface area contributed by atoms with Crippen LogP contribution < -0.4 is 9.64 Å². The van der Waals surface area contributed by atoms with Crippen LogP contribution in [-0.2, 0) is 11.3 Å². The summed E-state index contributed by atoms with van der Waals surface area (Å²) in [6.07, 6.45) is 1.16. The Bertz CT molecular complexity index is 1210. The molecule has 0 saturated carbocycles. The monoisotopic (exact) mass is 478 g/mol. The maximum atomic E-state index is 14.0. The lowest BCUT2D eigenvalue weighted by Crippen LogP contribution is -2.46. The first-order chi connectivity index (χ1) is 17.0. The summed E-state index contributed by atoms with van der Waals surface area (Å²) in [6, 6.07) is 19.3. The quantitative estimate of drug-likeness (QED) is 0.434. The topological polar surface area (TPSA) is 42.0 Å². The van der Waals surface area contributed by atoms with Gasteiger partial charge >= 0.3 is 6.09 Å². The van der Waals surface area contributed by atoms with Gasteiger partial charge < -0.3 is 9.47 Å². The van der Waals surface area contributed by atoms with Gasteiger partial charge in [0.05, 0.1) is 13.2 Å². The molecule has 2 saturated heterocycles. The molecule has 0 aliphatic carbocycles. The van der Waals surface area contributed by atoms with E-state index < -0.39 is 17.2 Å². The minimum absolute atomic E-state index is 0.297. The summed E-state index contributed by atoms with van der Waals surface area (Å²) < 4.78 is 39.1. The summed E-state index contributed by atoms with van der Waals surface area (Å²) in [6.45, 7) is 5.15. The van der Waals surface area contributed by atoms with Gasteiger partial charge in [-0.25, -0.2) is 13.6 Å². The van der Waals surface area contributed by atoms with Crippen molar-refractivity contribution in [3.63, 3.8) is 0 Å². The van der Waals surface area contributed by atoms with Crippen molar-refractivity contribution in [3.8, 4) is 16.9 Å². The molecule has 3 aromatic rings. The van der Waals surface area contributed by atoms with Crippen molar-refractivity contribution in [1.82, 2.24) is 4.90 Å². The zero-order chi connectivity index (χ0) is 24.4. The number of piperidine rings is 1. The number of benzene rings is 3. The Balaban J connectivity index is 1.32. The molecule has 0 unspecified atom stereocenters. The number of para-hydroxylation sites is 1. The number of hydrogen-bond donors (Lipinski definition) is 0. The number of amides is 1. The summed E-state index contributed by atoms with van der Waals surface area (Å²) in [5.74, 6) is -0.989. The number of carbonyl (C=O) groups excluding carboxylic acids is 1. The zero-order valence-electron chi connectivity index (χ0n) is 19.7. The first-order valence-corrected chi connectivity index (χ1v) is 12.0. The molecule has 2 aliphatic heterocycles. The van der Waals surface area contributed by atoms with Gasteiger partial charge in [0.2, 0.25) is 0 Å². The molecule has 0 N–H and O–H groups in total. The van der Waals surface area contributed by atoms with Gasteiger partial charge in [0.15, 0.2) is 11.6 Å². The van der Waals surface area contributed by atoms with Crippen LogP contribution in [0.4, 0.5) is 19.3 Å². The summed E-state index contributed by atoms with van der Waals surface area (Å²) in [5.41, 5.74) is 2.81. The zero-order valence-corrected chi connectivity index (χ0v) is 19.7. The molecule has 0 aromatic heterocycles. The minimum atomic E-state index is -0.867. The van der Waals surface area contributed by atoms with E-state index in [1.165, 1.54) is 6.07 Å². The number of rotatable bonds is 6. The molecule has 0 radical (unpaired) electrons. The lowest BCUT2D eigenvalue weighted by Gasteiger charge is -2.37. The van der Waals surface area contributed by atoms with E-state index in [-0.39, 0.29) is 6.09 Å². The highest BCUT2D eigenvalue weighted by Crippen LogP contribution is 2.37. The lowest BCUT2D eigenvalue weighted by atomic mass is 9.90. The second-order valence-electron chi connectivity index (χ2n) is 9.13. The van der Waals surface area contributed by atoms with Crippen LogP contribution in [0.25, 0.3) is 11.1 Å². The largest absolute Gasteiger partial charge is 0.494 e. The fraction of sp³-hybridized carbons (Fsp3) is 0.321. The third-order valence-electron chi connectivity index (χ3n) is 6.82. The Kier molecular flexibility index (Phi) is 6.43. The van der Waals surface area contributed by atoms with Gasteiger partial charge in [-0.1, -0.05) is 30.3 Å². The molecular weight excluding hydrogens is 450 g/mol. The lowest BCUT2D eigenvalue weighted by molar-refractivity contribution is -0.000952. The third-order valence-corrected chi connectivity index (χ3v) is 6.82. The van der Waals surface area contributed by atoms with Crippen LogP contribution in [-0.4, -0.2) is 42.8 Å². The summed E-state index contributed by atoms with van der Waals surface area (Å²) >= 11 is 0. The molecule has 2 fully saturated rings. The Morgan fingerprint density at radius 3 is 2.46 bits per heavy atom. The number of nitrogens with zero attached hydrogens (tertiary/aromatic N) is 2. The number of hydrogen-bond acceptors (Lipinski definition) is 4. The van der Waals surface area contributed by atoms with E-state index in [2.05, 4.69) is 4.90 Å². The van der Waals surface area contributed by atoms with E-state index in [4.69, 9.17) is 9.47 Å².